The van der Waals surface area contributed by atoms with Crippen LogP contribution in [0.2, 0.25) is 0 Å². The predicted octanol–water partition coefficient (Wildman–Crippen LogP) is 5.39. The third-order valence-electron chi connectivity index (χ3n) is 6.77. The molecule has 2 aromatic carbocycles. The number of aromatic nitrogens is 5. The number of aromatic amines is 1. The van der Waals surface area contributed by atoms with Crippen molar-refractivity contribution >= 4 is 10.9 Å². The van der Waals surface area contributed by atoms with Crippen molar-refractivity contribution in [1.82, 2.24) is 30.1 Å². The average molecular weight is 487 g/mol. The van der Waals surface area contributed by atoms with E-state index in [1.807, 2.05) is 17.7 Å². The van der Waals surface area contributed by atoms with Crippen LogP contribution in [0.3, 0.4) is 0 Å². The molecule has 0 bridgehead atoms. The van der Waals surface area contributed by atoms with E-state index < -0.39 is 0 Å². The molecule has 7 heteroatoms. The second-order valence-electron chi connectivity index (χ2n) is 10.9. The molecule has 0 aliphatic carbocycles. The Labute approximate surface area is 213 Å². The molecule has 190 valence electrons. The molecule has 1 N–H and O–H groups in total. The molecule has 0 saturated heterocycles. The monoisotopic (exact) mass is 486 g/mol. The Morgan fingerprint density at radius 3 is 2.53 bits per heavy atom. The standard InChI is InChI=1S/C29H38N6O/c1-8-25(27-31-32-33-35(27)29(5,6)7)34(13-12-22-11-9-10-19(2)15-22)18-24-17-23-16-20(3)14-21(4)26(23)30-28(24)36/h9-11,14-17,25H,8,12-13,18H2,1-7H3,(H,30,36)/t25-/m0/s1. The van der Waals surface area contributed by atoms with Gasteiger partial charge in [-0.1, -0.05) is 48.4 Å². The summed E-state index contributed by atoms with van der Waals surface area (Å²) in [6, 6.07) is 14.9. The molecule has 7 nitrogen and oxygen atoms in total. The molecular formula is C29H38N6O. The van der Waals surface area contributed by atoms with Crippen molar-refractivity contribution in [2.45, 2.75) is 79.4 Å². The molecule has 0 radical (unpaired) electrons. The van der Waals surface area contributed by atoms with Gasteiger partial charge in [0, 0.05) is 18.7 Å². The molecule has 2 aromatic heterocycles. The average Bonchev–Trinajstić information content (AvgIpc) is 3.29. The highest BCUT2D eigenvalue weighted by Crippen LogP contribution is 2.28. The summed E-state index contributed by atoms with van der Waals surface area (Å²) < 4.78 is 1.91. The third kappa shape index (κ3) is 5.57. The Balaban J connectivity index is 1.74. The van der Waals surface area contributed by atoms with E-state index >= 15 is 0 Å². The SMILES string of the molecule is CC[C@@H](c1nnnn1C(C)(C)C)N(CCc1cccc(C)c1)Cc1cc2cc(C)cc(C)c2[nH]c1=O. The number of tetrazole rings is 1. The van der Waals surface area contributed by atoms with E-state index in [2.05, 4.69) is 103 Å². The van der Waals surface area contributed by atoms with E-state index in [-0.39, 0.29) is 17.1 Å². The number of benzene rings is 2. The molecule has 0 saturated carbocycles. The smallest absolute Gasteiger partial charge is 0.252 e. The van der Waals surface area contributed by atoms with Crippen molar-refractivity contribution in [2.24, 2.45) is 0 Å². The van der Waals surface area contributed by atoms with Gasteiger partial charge in [-0.25, -0.2) is 4.68 Å². The van der Waals surface area contributed by atoms with E-state index in [9.17, 15) is 4.79 Å². The molecule has 1 atom stereocenters. The molecular weight excluding hydrogens is 448 g/mol. The summed E-state index contributed by atoms with van der Waals surface area (Å²) >= 11 is 0. The summed E-state index contributed by atoms with van der Waals surface area (Å²) in [6.45, 7) is 16.0. The molecule has 0 spiro atoms. The maximum absolute atomic E-state index is 13.2. The predicted molar refractivity (Wildman–Crippen MR) is 145 cm³/mol. The molecule has 4 aromatic rings. The topological polar surface area (TPSA) is 79.7 Å². The number of fused-ring (bicyclic) bond motifs is 1. The highest BCUT2D eigenvalue weighted by atomic mass is 16.1. The second-order valence-corrected chi connectivity index (χ2v) is 10.9. The van der Waals surface area contributed by atoms with Crippen LogP contribution in [0.25, 0.3) is 10.9 Å². The van der Waals surface area contributed by atoms with Gasteiger partial charge in [0.2, 0.25) is 0 Å². The normalized spacial score (nSPS) is 13.0. The molecule has 0 aliphatic heterocycles. The largest absolute Gasteiger partial charge is 0.321 e. The third-order valence-corrected chi connectivity index (χ3v) is 6.77. The van der Waals surface area contributed by atoms with E-state index in [1.54, 1.807) is 0 Å². The minimum absolute atomic E-state index is 0.0293. The van der Waals surface area contributed by atoms with E-state index in [0.29, 0.717) is 6.54 Å². The fourth-order valence-electron chi connectivity index (χ4n) is 5.04. The second kappa shape index (κ2) is 10.3. The summed E-state index contributed by atoms with van der Waals surface area (Å²) in [7, 11) is 0. The summed E-state index contributed by atoms with van der Waals surface area (Å²) in [6.07, 6.45) is 1.70. The number of pyridine rings is 1. The van der Waals surface area contributed by atoms with Gasteiger partial charge in [-0.15, -0.1) is 5.10 Å². The van der Waals surface area contributed by atoms with Crippen molar-refractivity contribution < 1.29 is 0 Å². The number of hydrogen-bond acceptors (Lipinski definition) is 5. The van der Waals surface area contributed by atoms with Crippen molar-refractivity contribution in [3.63, 3.8) is 0 Å². The Morgan fingerprint density at radius 2 is 1.83 bits per heavy atom. The first kappa shape index (κ1) is 25.8. The van der Waals surface area contributed by atoms with Gasteiger partial charge in [0.25, 0.3) is 5.56 Å². The van der Waals surface area contributed by atoms with E-state index in [0.717, 1.165) is 47.2 Å². The molecule has 0 fully saturated rings. The number of nitrogens with zero attached hydrogens (tertiary/aromatic N) is 5. The molecule has 2 heterocycles. The zero-order chi connectivity index (χ0) is 26.0. The van der Waals surface area contributed by atoms with Crippen molar-refractivity contribution in [1.29, 1.82) is 0 Å². The van der Waals surface area contributed by atoms with Crippen LogP contribution in [0.5, 0.6) is 0 Å². The lowest BCUT2D eigenvalue weighted by atomic mass is 10.0. The summed E-state index contributed by atoms with van der Waals surface area (Å²) in [4.78, 5) is 18.7. The van der Waals surface area contributed by atoms with Gasteiger partial charge in [0.1, 0.15) is 0 Å². The van der Waals surface area contributed by atoms with Crippen LogP contribution < -0.4 is 5.56 Å². The zero-order valence-electron chi connectivity index (χ0n) is 22.6. The number of rotatable bonds is 8. The number of nitrogens with one attached hydrogen (secondary N) is 1. The number of aryl methyl sites for hydroxylation is 3. The van der Waals surface area contributed by atoms with E-state index in [1.165, 1.54) is 16.7 Å². The van der Waals surface area contributed by atoms with Gasteiger partial charge in [0.05, 0.1) is 17.1 Å². The quantitative estimate of drug-likeness (QED) is 0.361. The molecule has 0 aliphatic rings. The lowest BCUT2D eigenvalue weighted by Crippen LogP contribution is -2.36. The molecule has 0 unspecified atom stereocenters. The lowest BCUT2D eigenvalue weighted by Gasteiger charge is -2.32. The van der Waals surface area contributed by atoms with Gasteiger partial charge in [-0.3, -0.25) is 9.69 Å². The maximum Gasteiger partial charge on any atom is 0.252 e. The van der Waals surface area contributed by atoms with Crippen LogP contribution in [0.15, 0.2) is 47.3 Å². The highest BCUT2D eigenvalue weighted by Gasteiger charge is 2.29. The van der Waals surface area contributed by atoms with Gasteiger partial charge < -0.3 is 4.98 Å². The van der Waals surface area contributed by atoms with E-state index in [4.69, 9.17) is 0 Å². The van der Waals surface area contributed by atoms with Crippen molar-refractivity contribution in [3.8, 4) is 0 Å². The Kier molecular flexibility index (Phi) is 7.41. The highest BCUT2D eigenvalue weighted by molar-refractivity contribution is 5.82. The summed E-state index contributed by atoms with van der Waals surface area (Å²) in [5.74, 6) is 0.832. The molecule has 4 rings (SSSR count). The first-order chi connectivity index (χ1) is 17.1. The first-order valence-corrected chi connectivity index (χ1v) is 12.8. The van der Waals surface area contributed by atoms with Gasteiger partial charge in [-0.2, -0.15) is 0 Å². The fraction of sp³-hybridized carbons (Fsp3) is 0.448. The molecule has 0 amide bonds. The first-order valence-electron chi connectivity index (χ1n) is 12.8. The van der Waals surface area contributed by atoms with Crippen LogP contribution in [-0.4, -0.2) is 36.6 Å². The van der Waals surface area contributed by atoms with Crippen LogP contribution >= 0.6 is 0 Å². The Morgan fingerprint density at radius 1 is 1.06 bits per heavy atom. The van der Waals surface area contributed by atoms with Gasteiger partial charge in [-0.05, 0) is 93.5 Å². The zero-order valence-corrected chi connectivity index (χ0v) is 22.6. The minimum Gasteiger partial charge on any atom is -0.321 e. The lowest BCUT2D eigenvalue weighted by molar-refractivity contribution is 0.163. The van der Waals surface area contributed by atoms with Crippen molar-refractivity contribution in [3.05, 3.63) is 86.5 Å². The number of hydrogen-bond donors (Lipinski definition) is 1. The van der Waals surface area contributed by atoms with Gasteiger partial charge in [0.15, 0.2) is 5.82 Å². The van der Waals surface area contributed by atoms with Crippen LogP contribution in [-0.2, 0) is 18.5 Å². The van der Waals surface area contributed by atoms with Crippen molar-refractivity contribution in [2.75, 3.05) is 6.54 Å². The van der Waals surface area contributed by atoms with Crippen LogP contribution in [0.4, 0.5) is 0 Å². The fourth-order valence-corrected chi connectivity index (χ4v) is 5.04. The Hall–Kier alpha value is -3.32. The minimum atomic E-state index is -0.246. The maximum atomic E-state index is 13.2. The Bertz CT molecular complexity index is 1410. The van der Waals surface area contributed by atoms with Gasteiger partial charge >= 0.3 is 0 Å². The summed E-state index contributed by atoms with van der Waals surface area (Å²) in [5.41, 5.74) is 6.17. The molecule has 36 heavy (non-hydrogen) atoms. The number of H-pyrrole nitrogens is 1. The van der Waals surface area contributed by atoms with Crippen LogP contribution in [0.1, 0.15) is 73.8 Å². The van der Waals surface area contributed by atoms with Crippen LogP contribution in [0, 0.1) is 20.8 Å². The summed E-state index contributed by atoms with van der Waals surface area (Å²) in [5, 5.41) is 13.9.